The highest BCUT2D eigenvalue weighted by atomic mass is 79.9. The lowest BCUT2D eigenvalue weighted by Gasteiger charge is -2.15. The molecule has 0 aliphatic carbocycles. The molecule has 0 fully saturated rings. The Labute approximate surface area is 233 Å². The molecule has 7 nitrogen and oxygen atoms in total. The van der Waals surface area contributed by atoms with Crippen molar-refractivity contribution in [1.82, 2.24) is 5.43 Å². The zero-order valence-electron chi connectivity index (χ0n) is 20.6. The summed E-state index contributed by atoms with van der Waals surface area (Å²) in [6.07, 6.45) is 3.18. The zero-order valence-corrected chi connectivity index (χ0v) is 23.8. The van der Waals surface area contributed by atoms with Crippen molar-refractivity contribution in [3.05, 3.63) is 92.9 Å². The molecule has 0 radical (unpaired) electrons. The van der Waals surface area contributed by atoms with Crippen LogP contribution in [0.2, 0.25) is 0 Å². The minimum Gasteiger partial charge on any atom is -0.490 e. The Morgan fingerprint density at radius 2 is 1.65 bits per heavy atom. The number of benzene rings is 3. The van der Waals surface area contributed by atoms with Gasteiger partial charge in [0.15, 0.2) is 23.0 Å². The molecule has 0 aliphatic heterocycles. The van der Waals surface area contributed by atoms with Crippen molar-refractivity contribution >= 4 is 44.0 Å². The van der Waals surface area contributed by atoms with Crippen LogP contribution >= 0.6 is 31.9 Å². The molecule has 3 aromatic carbocycles. The van der Waals surface area contributed by atoms with Gasteiger partial charge in [-0.15, -0.1) is 0 Å². The average Bonchev–Trinajstić information content (AvgIpc) is 2.88. The summed E-state index contributed by atoms with van der Waals surface area (Å²) in [4.78, 5) is 12.7. The Morgan fingerprint density at radius 3 is 2.35 bits per heavy atom. The Morgan fingerprint density at radius 1 is 0.919 bits per heavy atom. The first kappa shape index (κ1) is 28.3. The predicted molar refractivity (Wildman–Crippen MR) is 152 cm³/mol. The van der Waals surface area contributed by atoms with Gasteiger partial charge in [-0.3, -0.25) is 4.79 Å². The summed E-state index contributed by atoms with van der Waals surface area (Å²) in [6.45, 7) is 9.03. The summed E-state index contributed by atoms with van der Waals surface area (Å²) in [6, 6.07) is 16.5. The second kappa shape index (κ2) is 14.4. The van der Waals surface area contributed by atoms with E-state index >= 15 is 0 Å². The van der Waals surface area contributed by atoms with Gasteiger partial charge in [-0.1, -0.05) is 40.7 Å². The molecule has 1 amide bonds. The maximum Gasteiger partial charge on any atom is 0.271 e. The SMILES string of the molecule is C=CCOc1ccc(C(=O)N/N=C/c2cc(Br)c(OCc3ccc(Br)cc3)c(OCC)c2)cc1OCC. The molecule has 0 saturated carbocycles. The van der Waals surface area contributed by atoms with Crippen molar-refractivity contribution in [2.45, 2.75) is 20.5 Å². The van der Waals surface area contributed by atoms with Crippen molar-refractivity contribution in [2.75, 3.05) is 19.8 Å². The monoisotopic (exact) mass is 630 g/mol. The number of hydrazone groups is 1. The van der Waals surface area contributed by atoms with Gasteiger partial charge in [0.25, 0.3) is 5.91 Å². The number of rotatable bonds is 13. The van der Waals surface area contributed by atoms with Crippen LogP contribution in [-0.4, -0.2) is 31.9 Å². The van der Waals surface area contributed by atoms with Crippen molar-refractivity contribution in [1.29, 1.82) is 0 Å². The van der Waals surface area contributed by atoms with Gasteiger partial charge in [-0.2, -0.15) is 5.10 Å². The molecule has 0 heterocycles. The summed E-state index contributed by atoms with van der Waals surface area (Å²) >= 11 is 7.00. The first-order chi connectivity index (χ1) is 17.9. The molecule has 1 N–H and O–H groups in total. The summed E-state index contributed by atoms with van der Waals surface area (Å²) in [5.41, 5.74) is 4.68. The Bertz CT molecular complexity index is 1250. The van der Waals surface area contributed by atoms with E-state index in [0.29, 0.717) is 59.5 Å². The fraction of sp³-hybridized carbons (Fsp3) is 0.214. The molecule has 194 valence electrons. The highest BCUT2D eigenvalue weighted by molar-refractivity contribution is 9.10. The molecule has 0 aromatic heterocycles. The summed E-state index contributed by atoms with van der Waals surface area (Å²) in [5, 5.41) is 4.11. The maximum absolute atomic E-state index is 12.7. The molecule has 3 aromatic rings. The average molecular weight is 632 g/mol. The molecule has 0 bridgehead atoms. The van der Waals surface area contributed by atoms with E-state index in [-0.39, 0.29) is 5.91 Å². The van der Waals surface area contributed by atoms with Crippen molar-refractivity contribution < 1.29 is 23.7 Å². The van der Waals surface area contributed by atoms with E-state index in [1.165, 1.54) is 6.21 Å². The van der Waals surface area contributed by atoms with Crippen LogP contribution in [0, 0.1) is 0 Å². The zero-order chi connectivity index (χ0) is 26.6. The largest absolute Gasteiger partial charge is 0.490 e. The maximum atomic E-state index is 12.7. The first-order valence-corrected chi connectivity index (χ1v) is 13.2. The van der Waals surface area contributed by atoms with Crippen molar-refractivity contribution in [3.63, 3.8) is 0 Å². The molecule has 3 rings (SSSR count). The third-order valence-electron chi connectivity index (χ3n) is 4.87. The first-order valence-electron chi connectivity index (χ1n) is 11.6. The van der Waals surface area contributed by atoms with E-state index in [1.807, 2.05) is 44.2 Å². The fourth-order valence-electron chi connectivity index (χ4n) is 3.22. The molecular formula is C28H28Br2N2O5. The van der Waals surface area contributed by atoms with Crippen LogP contribution in [0.1, 0.15) is 35.3 Å². The van der Waals surface area contributed by atoms with Crippen LogP contribution in [0.5, 0.6) is 23.0 Å². The van der Waals surface area contributed by atoms with E-state index in [9.17, 15) is 4.79 Å². The second-order valence-corrected chi connectivity index (χ2v) is 9.34. The van der Waals surface area contributed by atoms with Gasteiger partial charge in [-0.05, 0) is 83.4 Å². The van der Waals surface area contributed by atoms with Gasteiger partial charge in [0.2, 0.25) is 0 Å². The molecule has 0 atom stereocenters. The van der Waals surface area contributed by atoms with Gasteiger partial charge in [0.05, 0.1) is 23.9 Å². The van der Waals surface area contributed by atoms with Gasteiger partial charge in [0, 0.05) is 10.0 Å². The van der Waals surface area contributed by atoms with Crippen LogP contribution in [0.15, 0.2) is 81.3 Å². The van der Waals surface area contributed by atoms with E-state index in [4.69, 9.17) is 18.9 Å². The summed E-state index contributed by atoms with van der Waals surface area (Å²) in [5.74, 6) is 1.79. The number of carbonyl (C=O) groups is 1. The molecule has 0 saturated heterocycles. The quantitative estimate of drug-likeness (QED) is 0.126. The number of ether oxygens (including phenoxy) is 4. The Kier molecular flexibility index (Phi) is 11.0. The minimum absolute atomic E-state index is 0.337. The van der Waals surface area contributed by atoms with E-state index in [1.54, 1.807) is 30.3 Å². The molecule has 9 heteroatoms. The standard InChI is InChI=1S/C28H28Br2N2O5/c1-4-13-36-24-12-9-21(16-25(24)34-5-2)28(33)32-31-17-20-14-23(30)27(26(15-20)35-6-3)37-18-19-7-10-22(29)11-8-19/h4,7-12,14-17H,1,5-6,13,18H2,2-3H3,(H,32,33)/b31-17+. The van der Waals surface area contributed by atoms with Gasteiger partial charge in [0.1, 0.15) is 13.2 Å². The predicted octanol–water partition coefficient (Wildman–Crippen LogP) is 6.92. The molecule has 0 unspecified atom stereocenters. The van der Waals surface area contributed by atoms with Crippen molar-refractivity contribution in [3.8, 4) is 23.0 Å². The smallest absolute Gasteiger partial charge is 0.271 e. The van der Waals surface area contributed by atoms with Gasteiger partial charge in [-0.25, -0.2) is 5.43 Å². The van der Waals surface area contributed by atoms with Gasteiger partial charge < -0.3 is 18.9 Å². The number of carbonyl (C=O) groups excluding carboxylic acids is 1. The number of hydrogen-bond acceptors (Lipinski definition) is 6. The highest BCUT2D eigenvalue weighted by Gasteiger charge is 2.14. The number of amides is 1. The van der Waals surface area contributed by atoms with Crippen LogP contribution < -0.4 is 24.4 Å². The third kappa shape index (κ3) is 8.36. The summed E-state index contributed by atoms with van der Waals surface area (Å²) < 4.78 is 24.7. The number of halogens is 2. The normalized spacial score (nSPS) is 10.7. The van der Waals surface area contributed by atoms with Crippen LogP contribution in [-0.2, 0) is 6.61 Å². The Balaban J connectivity index is 1.70. The molecular weight excluding hydrogens is 604 g/mol. The lowest BCUT2D eigenvalue weighted by atomic mass is 10.2. The minimum atomic E-state index is -0.383. The number of hydrogen-bond donors (Lipinski definition) is 1. The molecule has 0 spiro atoms. The fourth-order valence-corrected chi connectivity index (χ4v) is 4.06. The topological polar surface area (TPSA) is 78.4 Å². The lowest BCUT2D eigenvalue weighted by Crippen LogP contribution is -2.17. The number of nitrogens with one attached hydrogen (secondary N) is 1. The van der Waals surface area contributed by atoms with Crippen LogP contribution in [0.4, 0.5) is 0 Å². The van der Waals surface area contributed by atoms with Gasteiger partial charge >= 0.3 is 0 Å². The van der Waals surface area contributed by atoms with Crippen LogP contribution in [0.25, 0.3) is 0 Å². The Hall–Kier alpha value is -3.30. The van der Waals surface area contributed by atoms with Crippen molar-refractivity contribution in [2.24, 2.45) is 5.10 Å². The van der Waals surface area contributed by atoms with E-state index < -0.39 is 0 Å². The molecule has 37 heavy (non-hydrogen) atoms. The summed E-state index contributed by atoms with van der Waals surface area (Å²) in [7, 11) is 0. The third-order valence-corrected chi connectivity index (χ3v) is 5.99. The van der Waals surface area contributed by atoms with E-state index in [2.05, 4.69) is 49.0 Å². The second-order valence-electron chi connectivity index (χ2n) is 7.57. The highest BCUT2D eigenvalue weighted by Crippen LogP contribution is 2.37. The molecule has 0 aliphatic rings. The lowest BCUT2D eigenvalue weighted by molar-refractivity contribution is 0.0954. The van der Waals surface area contributed by atoms with E-state index in [0.717, 1.165) is 15.6 Å². The number of nitrogens with zero attached hydrogens (tertiary/aromatic N) is 1. The van der Waals surface area contributed by atoms with Crippen LogP contribution in [0.3, 0.4) is 0 Å².